The lowest BCUT2D eigenvalue weighted by Crippen LogP contribution is -2.50. The average molecular weight is 448 g/mol. The molecule has 0 amide bonds. The molecule has 0 aliphatic rings. The van der Waals surface area contributed by atoms with Crippen LogP contribution in [0.3, 0.4) is 0 Å². The molecule has 0 spiro atoms. The van der Waals surface area contributed by atoms with Crippen molar-refractivity contribution in [3.63, 3.8) is 0 Å². The highest BCUT2D eigenvalue weighted by atomic mass is 32.1. The quantitative estimate of drug-likeness (QED) is 0.289. The van der Waals surface area contributed by atoms with E-state index in [0.29, 0.717) is 10.6 Å². The van der Waals surface area contributed by atoms with E-state index in [0.717, 1.165) is 10.6 Å². The number of hydrogen-bond donors (Lipinski definition) is 5. The smallest absolute Gasteiger partial charge is 0.305 e. The van der Waals surface area contributed by atoms with E-state index in [4.69, 9.17) is 21.1 Å². The summed E-state index contributed by atoms with van der Waals surface area (Å²) < 4.78 is 1.28. The van der Waals surface area contributed by atoms with Gasteiger partial charge in [-0.1, -0.05) is 56.4 Å². The van der Waals surface area contributed by atoms with Crippen molar-refractivity contribution >= 4 is 27.5 Å². The monoisotopic (exact) mass is 447 g/mol. The van der Waals surface area contributed by atoms with Crippen LogP contribution in [0.5, 0.6) is 0 Å². The van der Waals surface area contributed by atoms with E-state index >= 15 is 0 Å². The third-order valence-corrected chi connectivity index (χ3v) is 5.59. The number of nitrogens with two attached hydrogens (primary N) is 1. The van der Waals surface area contributed by atoms with Gasteiger partial charge in [0.1, 0.15) is 5.01 Å². The summed E-state index contributed by atoms with van der Waals surface area (Å²) in [6, 6.07) is 8.22. The highest BCUT2D eigenvalue weighted by molar-refractivity contribution is 7.19. The summed E-state index contributed by atoms with van der Waals surface area (Å²) in [6.45, 7) is 5.31. The van der Waals surface area contributed by atoms with E-state index in [1.165, 1.54) is 21.4 Å². The molecule has 0 radical (unpaired) electrons. The van der Waals surface area contributed by atoms with Gasteiger partial charge in [-0.3, -0.25) is 4.79 Å². The number of aromatic nitrogens is 6. The first-order valence-electron chi connectivity index (χ1n) is 9.44. The first-order valence-corrected chi connectivity index (χ1v) is 10.3. The van der Waals surface area contributed by atoms with Crippen molar-refractivity contribution in [1.29, 1.82) is 0 Å². The molecular weight excluding hydrogens is 422 g/mol. The van der Waals surface area contributed by atoms with Crippen LogP contribution in [0.1, 0.15) is 26.3 Å². The summed E-state index contributed by atoms with van der Waals surface area (Å²) in [5.41, 5.74) is 6.44. The van der Waals surface area contributed by atoms with Crippen LogP contribution in [-0.4, -0.2) is 70.7 Å². The minimum Gasteiger partial charge on any atom is -0.394 e. The van der Waals surface area contributed by atoms with E-state index in [9.17, 15) is 4.79 Å². The molecule has 31 heavy (non-hydrogen) atoms. The lowest BCUT2D eigenvalue weighted by Gasteiger charge is -2.20. The van der Waals surface area contributed by atoms with Crippen molar-refractivity contribution in [3.05, 3.63) is 40.2 Å². The fourth-order valence-corrected chi connectivity index (χ4v) is 3.39. The minimum absolute atomic E-state index is 0.0986. The minimum atomic E-state index is -1.21. The third-order valence-electron chi connectivity index (χ3n) is 4.63. The second-order valence-electron chi connectivity index (χ2n) is 8.18. The van der Waals surface area contributed by atoms with Gasteiger partial charge in [-0.25, -0.2) is 0 Å². The van der Waals surface area contributed by atoms with Crippen molar-refractivity contribution in [1.82, 2.24) is 30.0 Å². The van der Waals surface area contributed by atoms with Crippen LogP contribution in [-0.2, 0) is 5.41 Å². The molecule has 0 atom stereocenters. The highest BCUT2D eigenvalue weighted by Gasteiger charge is 2.21. The Labute approximate surface area is 181 Å². The van der Waals surface area contributed by atoms with Crippen LogP contribution in [0, 0.1) is 0 Å². The molecule has 0 fully saturated rings. The summed E-state index contributed by atoms with van der Waals surface area (Å²) >= 11 is 1.36. The normalized spacial score (nSPS) is 12.2. The number of fused-ring (bicyclic) bond motifs is 2. The van der Waals surface area contributed by atoms with Crippen molar-refractivity contribution in [2.45, 2.75) is 31.7 Å². The van der Waals surface area contributed by atoms with Gasteiger partial charge >= 0.3 is 5.56 Å². The van der Waals surface area contributed by atoms with Crippen molar-refractivity contribution in [3.8, 4) is 10.6 Å². The lowest BCUT2D eigenvalue weighted by molar-refractivity contribution is 0.0698. The zero-order chi connectivity index (χ0) is 22.8. The van der Waals surface area contributed by atoms with Crippen LogP contribution < -0.4 is 11.3 Å². The first kappa shape index (κ1) is 22.9. The van der Waals surface area contributed by atoms with E-state index in [2.05, 4.69) is 58.4 Å². The third kappa shape index (κ3) is 4.78. The standard InChI is InChI=1S/C15H14N6OS.C4H11NO3/c1-15(2,3)9-6-4-8(5-7-9)12-19-21-13(22)10-11(18-20-17-10)16-14(21)23-12;5-4(1-6,2-7)3-8/h4-7H,1-3H3,(H,17,18,20);6-8H,1-3,5H2. The summed E-state index contributed by atoms with van der Waals surface area (Å²) in [5, 5.41) is 40.2. The number of aliphatic hydroxyl groups is 3. The Morgan fingerprint density at radius 1 is 1.06 bits per heavy atom. The van der Waals surface area contributed by atoms with Crippen LogP contribution in [0.15, 0.2) is 29.1 Å². The molecule has 12 heteroatoms. The fraction of sp³-hybridized carbons (Fsp3) is 0.421. The van der Waals surface area contributed by atoms with Crippen molar-refractivity contribution in [2.75, 3.05) is 19.8 Å². The molecule has 0 saturated carbocycles. The van der Waals surface area contributed by atoms with E-state index in [-0.39, 0.29) is 16.5 Å². The Hall–Kier alpha value is -2.77. The zero-order valence-corrected chi connectivity index (χ0v) is 18.2. The van der Waals surface area contributed by atoms with Crippen LogP contribution >= 0.6 is 11.3 Å². The van der Waals surface area contributed by atoms with Gasteiger partial charge in [0.15, 0.2) is 5.52 Å². The molecule has 0 bridgehead atoms. The Balaban J connectivity index is 0.000000293. The molecular formula is C19H25N7O4S. The molecule has 4 aromatic rings. The summed E-state index contributed by atoms with van der Waals surface area (Å²) in [5.74, 6) is 0. The molecule has 11 nitrogen and oxygen atoms in total. The van der Waals surface area contributed by atoms with Gasteiger partial charge in [0.05, 0.1) is 25.4 Å². The van der Waals surface area contributed by atoms with Crippen molar-refractivity contribution < 1.29 is 15.3 Å². The topological polar surface area (TPSA) is 176 Å². The van der Waals surface area contributed by atoms with Gasteiger partial charge in [0.25, 0.3) is 0 Å². The average Bonchev–Trinajstić information content (AvgIpc) is 3.41. The van der Waals surface area contributed by atoms with Gasteiger partial charge in [-0.15, -0.1) is 10.2 Å². The van der Waals surface area contributed by atoms with Crippen LogP contribution in [0.2, 0.25) is 0 Å². The Bertz CT molecular complexity index is 1210. The number of H-pyrrole nitrogens is 1. The SMILES string of the molecule is CC(C)(C)c1ccc(-c2nn3c(=O)c4n[nH]nc4nc3s2)cc1.NC(CO)(CO)CO. The number of nitrogens with zero attached hydrogens (tertiary/aromatic N) is 5. The van der Waals surface area contributed by atoms with Gasteiger partial charge in [-0.2, -0.15) is 19.8 Å². The highest BCUT2D eigenvalue weighted by Crippen LogP contribution is 2.28. The first-order chi connectivity index (χ1) is 14.6. The Morgan fingerprint density at radius 2 is 1.68 bits per heavy atom. The summed E-state index contributed by atoms with van der Waals surface area (Å²) in [6.07, 6.45) is 0. The number of hydrogen-bond acceptors (Lipinski definition) is 10. The molecule has 4 rings (SSSR count). The molecule has 0 aliphatic carbocycles. The van der Waals surface area contributed by atoms with Crippen LogP contribution in [0.25, 0.3) is 26.7 Å². The zero-order valence-electron chi connectivity index (χ0n) is 17.4. The number of nitrogens with one attached hydrogen (secondary N) is 1. The largest absolute Gasteiger partial charge is 0.394 e. The predicted molar refractivity (Wildman–Crippen MR) is 117 cm³/mol. The second-order valence-corrected chi connectivity index (χ2v) is 9.13. The van der Waals surface area contributed by atoms with Gasteiger partial charge in [0, 0.05) is 5.56 Å². The maximum atomic E-state index is 12.3. The van der Waals surface area contributed by atoms with Gasteiger partial charge in [0.2, 0.25) is 10.6 Å². The number of aromatic amines is 1. The number of benzene rings is 1. The number of aliphatic hydroxyl groups excluding tert-OH is 3. The molecule has 1 aromatic carbocycles. The summed E-state index contributed by atoms with van der Waals surface area (Å²) in [7, 11) is 0. The molecule has 166 valence electrons. The predicted octanol–water partition coefficient (Wildman–Crippen LogP) is 0.0476. The molecule has 3 heterocycles. The maximum Gasteiger partial charge on any atom is 0.305 e. The van der Waals surface area contributed by atoms with Crippen molar-refractivity contribution in [2.24, 2.45) is 5.73 Å². The van der Waals surface area contributed by atoms with E-state index < -0.39 is 25.4 Å². The fourth-order valence-electron chi connectivity index (χ4n) is 2.50. The van der Waals surface area contributed by atoms with Gasteiger partial charge in [-0.05, 0) is 11.0 Å². The summed E-state index contributed by atoms with van der Waals surface area (Å²) in [4.78, 5) is 17.1. The number of rotatable bonds is 4. The second kappa shape index (κ2) is 8.77. The molecule has 0 saturated heterocycles. The maximum absolute atomic E-state index is 12.3. The Kier molecular flexibility index (Phi) is 6.48. The lowest BCUT2D eigenvalue weighted by atomic mass is 9.87. The Morgan fingerprint density at radius 3 is 2.19 bits per heavy atom. The molecule has 0 unspecified atom stereocenters. The molecule has 0 aliphatic heterocycles. The van der Waals surface area contributed by atoms with E-state index in [1.54, 1.807) is 0 Å². The molecule has 6 N–H and O–H groups in total. The van der Waals surface area contributed by atoms with E-state index in [1.807, 2.05) is 12.1 Å². The van der Waals surface area contributed by atoms with Gasteiger partial charge < -0.3 is 21.1 Å². The molecule has 3 aromatic heterocycles. The van der Waals surface area contributed by atoms with Crippen LogP contribution in [0.4, 0.5) is 0 Å².